The highest BCUT2D eigenvalue weighted by molar-refractivity contribution is 7.90. The topological polar surface area (TPSA) is 92.4 Å². The minimum Gasteiger partial charge on any atom is -0.496 e. The van der Waals surface area contributed by atoms with Gasteiger partial charge in [0, 0.05) is 37.9 Å². The van der Waals surface area contributed by atoms with Crippen LogP contribution in [0.5, 0.6) is 5.75 Å². The first-order valence-corrected chi connectivity index (χ1v) is 9.54. The smallest absolute Gasteiger partial charge is 0.256 e. The van der Waals surface area contributed by atoms with E-state index in [0.29, 0.717) is 35.5 Å². The lowest BCUT2D eigenvalue weighted by Crippen LogP contribution is -2.36. The van der Waals surface area contributed by atoms with Crippen LogP contribution in [-0.4, -0.2) is 43.2 Å². The molecule has 0 fully saturated rings. The van der Waals surface area contributed by atoms with E-state index in [4.69, 9.17) is 4.74 Å². The van der Waals surface area contributed by atoms with E-state index in [0.717, 1.165) is 6.26 Å². The van der Waals surface area contributed by atoms with Gasteiger partial charge in [-0.05, 0) is 12.1 Å². The molecule has 0 amide bonds. The monoisotopic (exact) mass is 367 g/mol. The molecule has 25 heavy (non-hydrogen) atoms. The van der Waals surface area contributed by atoms with Crippen molar-refractivity contribution in [3.8, 4) is 5.75 Å². The Balaban J connectivity index is 1.89. The predicted octanol–water partition coefficient (Wildman–Crippen LogP) is 0.879. The van der Waals surface area contributed by atoms with Crippen molar-refractivity contribution < 1.29 is 17.5 Å². The quantitative estimate of drug-likeness (QED) is 0.807. The molecule has 1 aromatic carbocycles. The minimum atomic E-state index is -3.58. The van der Waals surface area contributed by atoms with E-state index < -0.39 is 15.4 Å². The van der Waals surface area contributed by atoms with Crippen molar-refractivity contribution in [3.05, 3.63) is 51.2 Å². The van der Waals surface area contributed by atoms with Crippen molar-refractivity contribution in [1.82, 2.24) is 14.9 Å². The maximum absolute atomic E-state index is 14.1. The fourth-order valence-corrected chi connectivity index (χ4v) is 3.43. The van der Waals surface area contributed by atoms with E-state index in [1.807, 2.05) is 4.90 Å². The molecule has 134 valence electrons. The number of benzene rings is 1. The summed E-state index contributed by atoms with van der Waals surface area (Å²) in [7, 11) is -2.10. The molecule has 2 aromatic rings. The summed E-state index contributed by atoms with van der Waals surface area (Å²) < 4.78 is 42.5. The fraction of sp³-hybridized carbons (Fsp3) is 0.375. The number of nitrogens with one attached hydrogen (secondary N) is 1. The van der Waals surface area contributed by atoms with Gasteiger partial charge in [-0.1, -0.05) is 6.07 Å². The summed E-state index contributed by atoms with van der Waals surface area (Å²) in [6, 6.07) is 4.62. The lowest BCUT2D eigenvalue weighted by Gasteiger charge is -2.28. The van der Waals surface area contributed by atoms with E-state index in [9.17, 15) is 17.6 Å². The van der Waals surface area contributed by atoms with Gasteiger partial charge in [-0.15, -0.1) is 0 Å². The van der Waals surface area contributed by atoms with Crippen LogP contribution < -0.4 is 10.3 Å². The van der Waals surface area contributed by atoms with E-state index in [1.165, 1.54) is 13.2 Å². The van der Waals surface area contributed by atoms with Gasteiger partial charge in [-0.3, -0.25) is 14.7 Å². The third kappa shape index (κ3) is 3.57. The van der Waals surface area contributed by atoms with Crippen LogP contribution in [-0.2, 0) is 29.3 Å². The number of hydrogen-bond donors (Lipinski definition) is 1. The number of rotatable bonds is 4. The molecule has 0 radical (unpaired) electrons. The molecule has 0 saturated carbocycles. The summed E-state index contributed by atoms with van der Waals surface area (Å²) in [6.45, 7) is 1.08. The van der Waals surface area contributed by atoms with Crippen molar-refractivity contribution in [1.29, 1.82) is 0 Å². The molecule has 0 unspecified atom stereocenters. The zero-order valence-corrected chi connectivity index (χ0v) is 14.7. The number of halogens is 1. The summed E-state index contributed by atoms with van der Waals surface area (Å²) in [5.41, 5.74) is 0.830. The third-order valence-corrected chi connectivity index (χ3v) is 5.05. The van der Waals surface area contributed by atoms with Crippen LogP contribution in [0.25, 0.3) is 0 Å². The summed E-state index contributed by atoms with van der Waals surface area (Å²) in [6.07, 6.45) is 1.41. The van der Waals surface area contributed by atoms with Crippen molar-refractivity contribution in [2.75, 3.05) is 19.9 Å². The molecule has 9 heteroatoms. The Morgan fingerprint density at radius 1 is 1.40 bits per heavy atom. The van der Waals surface area contributed by atoms with Crippen molar-refractivity contribution >= 4 is 9.84 Å². The molecule has 1 aliphatic rings. The Labute approximate surface area is 144 Å². The Morgan fingerprint density at radius 3 is 2.84 bits per heavy atom. The van der Waals surface area contributed by atoms with Gasteiger partial charge in [0.2, 0.25) is 15.0 Å². The number of sulfone groups is 1. The lowest BCUT2D eigenvalue weighted by molar-refractivity contribution is 0.233. The molecule has 0 spiro atoms. The van der Waals surface area contributed by atoms with E-state index in [2.05, 4.69) is 9.97 Å². The number of fused-ring (bicyclic) bond motifs is 1. The molecule has 7 nitrogen and oxygen atoms in total. The summed E-state index contributed by atoms with van der Waals surface area (Å²) >= 11 is 0. The maximum Gasteiger partial charge on any atom is 0.256 e. The van der Waals surface area contributed by atoms with Crippen LogP contribution in [0, 0.1) is 5.82 Å². The van der Waals surface area contributed by atoms with Gasteiger partial charge in [0.25, 0.3) is 5.56 Å². The first-order valence-electron chi connectivity index (χ1n) is 7.65. The molecule has 0 saturated heterocycles. The van der Waals surface area contributed by atoms with Gasteiger partial charge in [0.1, 0.15) is 11.6 Å². The van der Waals surface area contributed by atoms with Gasteiger partial charge in [-0.25, -0.2) is 17.8 Å². The Bertz CT molecular complexity index is 972. The van der Waals surface area contributed by atoms with Crippen molar-refractivity contribution in [2.45, 2.75) is 24.7 Å². The Kier molecular flexibility index (Phi) is 4.61. The second-order valence-corrected chi connectivity index (χ2v) is 7.88. The Morgan fingerprint density at radius 2 is 2.16 bits per heavy atom. The first kappa shape index (κ1) is 17.6. The molecule has 1 N–H and O–H groups in total. The maximum atomic E-state index is 14.1. The highest BCUT2D eigenvalue weighted by atomic mass is 32.2. The zero-order valence-electron chi connectivity index (χ0n) is 13.9. The molecule has 1 aromatic heterocycles. The van der Waals surface area contributed by atoms with Gasteiger partial charge in [0.05, 0.1) is 18.4 Å². The first-order chi connectivity index (χ1) is 11.8. The lowest BCUT2D eigenvalue weighted by atomic mass is 10.1. The van der Waals surface area contributed by atoms with E-state index in [-0.39, 0.29) is 24.1 Å². The van der Waals surface area contributed by atoms with Crippen LogP contribution in [0.3, 0.4) is 0 Å². The number of nitrogens with zero attached hydrogens (tertiary/aromatic N) is 2. The highest BCUT2D eigenvalue weighted by Crippen LogP contribution is 2.25. The minimum absolute atomic E-state index is 0.263. The number of aromatic nitrogens is 2. The average molecular weight is 367 g/mol. The summed E-state index contributed by atoms with van der Waals surface area (Å²) in [5.74, 6) is 0.0786. The van der Waals surface area contributed by atoms with Gasteiger partial charge in [-0.2, -0.15) is 0 Å². The van der Waals surface area contributed by atoms with Crippen LogP contribution in [0.1, 0.15) is 16.8 Å². The number of H-pyrrole nitrogens is 1. The molecule has 1 aliphatic heterocycles. The molecule has 0 bridgehead atoms. The summed E-state index contributed by atoms with van der Waals surface area (Å²) in [4.78, 5) is 20.5. The number of hydrogen-bond acceptors (Lipinski definition) is 6. The number of ether oxygens (including phenoxy) is 1. The van der Waals surface area contributed by atoms with Crippen LogP contribution in [0.15, 0.2) is 28.2 Å². The molecular formula is C16H18FN3O4S. The highest BCUT2D eigenvalue weighted by Gasteiger charge is 2.24. The van der Waals surface area contributed by atoms with Crippen molar-refractivity contribution in [3.63, 3.8) is 0 Å². The SMILES string of the molecule is COc1cccc(F)c1CN1CCc2nc(S(C)(=O)=O)[nH]c(=O)c2C1. The molecule has 3 rings (SSSR count). The van der Waals surface area contributed by atoms with Gasteiger partial charge >= 0.3 is 0 Å². The van der Waals surface area contributed by atoms with E-state index >= 15 is 0 Å². The van der Waals surface area contributed by atoms with Crippen molar-refractivity contribution in [2.24, 2.45) is 0 Å². The second-order valence-electron chi connectivity index (χ2n) is 5.95. The van der Waals surface area contributed by atoms with Crippen LogP contribution in [0.4, 0.5) is 4.39 Å². The van der Waals surface area contributed by atoms with Gasteiger partial charge in [0.15, 0.2) is 0 Å². The zero-order chi connectivity index (χ0) is 18.2. The molecule has 0 aliphatic carbocycles. The average Bonchev–Trinajstić information content (AvgIpc) is 2.56. The van der Waals surface area contributed by atoms with Crippen LogP contribution >= 0.6 is 0 Å². The second kappa shape index (κ2) is 6.57. The molecule has 2 heterocycles. The third-order valence-electron chi connectivity index (χ3n) is 4.15. The molecule has 0 atom stereocenters. The predicted molar refractivity (Wildman–Crippen MR) is 88.7 cm³/mol. The standard InChI is InChI=1S/C16H18FN3O4S/c1-24-14-5-3-4-12(17)10(14)8-20-7-6-13-11(9-20)15(21)19-16(18-13)25(2,22)23/h3-5H,6-9H2,1-2H3,(H,18,19,21). The molecular weight excluding hydrogens is 349 g/mol. The number of methoxy groups -OCH3 is 1. The largest absolute Gasteiger partial charge is 0.496 e. The normalized spacial score (nSPS) is 15.0. The summed E-state index contributed by atoms with van der Waals surface area (Å²) in [5, 5.41) is -0.319. The number of aromatic amines is 1. The van der Waals surface area contributed by atoms with Gasteiger partial charge < -0.3 is 4.74 Å². The Hall–Kier alpha value is -2.26. The fourth-order valence-electron chi connectivity index (χ4n) is 2.88. The van der Waals surface area contributed by atoms with Crippen LogP contribution in [0.2, 0.25) is 0 Å². The van der Waals surface area contributed by atoms with E-state index in [1.54, 1.807) is 12.1 Å².